The molecule has 1 saturated heterocycles. The second-order valence-electron chi connectivity index (χ2n) is 12.0. The maximum atomic E-state index is 6.62. The summed E-state index contributed by atoms with van der Waals surface area (Å²) in [6.45, 7) is 13.0. The van der Waals surface area contributed by atoms with Crippen LogP contribution in [0.4, 0.5) is 0 Å². The first-order valence-corrected chi connectivity index (χ1v) is 13.1. The first-order chi connectivity index (χ1) is 17.6. The fraction of sp³-hybridized carbons (Fsp3) is 0.273. The molecule has 7 rings (SSSR count). The largest absolute Gasteiger partial charge is 0.494 e. The van der Waals surface area contributed by atoms with E-state index in [1.54, 1.807) is 0 Å². The van der Waals surface area contributed by atoms with Crippen LogP contribution in [0.5, 0.6) is 0 Å². The van der Waals surface area contributed by atoms with Crippen molar-refractivity contribution in [3.8, 4) is 22.3 Å². The van der Waals surface area contributed by atoms with Gasteiger partial charge in [0.25, 0.3) is 0 Å². The van der Waals surface area contributed by atoms with Gasteiger partial charge in [-0.2, -0.15) is 0 Å². The zero-order valence-electron chi connectivity index (χ0n) is 22.3. The Hall–Kier alpha value is -3.34. The number of hydrogen-bond acceptors (Lipinski definition) is 3. The van der Waals surface area contributed by atoms with Crippen molar-refractivity contribution in [3.63, 3.8) is 0 Å². The molecule has 3 nitrogen and oxygen atoms in total. The van der Waals surface area contributed by atoms with Gasteiger partial charge in [-0.05, 0) is 73.1 Å². The summed E-state index contributed by atoms with van der Waals surface area (Å²) in [5.41, 5.74) is 9.60. The van der Waals surface area contributed by atoms with Crippen molar-refractivity contribution in [1.82, 2.24) is 0 Å². The van der Waals surface area contributed by atoms with Gasteiger partial charge in [-0.15, -0.1) is 0 Å². The highest BCUT2D eigenvalue weighted by Gasteiger charge is 2.51. The fourth-order valence-electron chi connectivity index (χ4n) is 6.08. The molecule has 1 aliphatic heterocycles. The second-order valence-corrected chi connectivity index (χ2v) is 12.0. The van der Waals surface area contributed by atoms with Gasteiger partial charge in [-0.1, -0.05) is 80.6 Å². The number of furan rings is 1. The van der Waals surface area contributed by atoms with Gasteiger partial charge in [0.05, 0.1) is 11.2 Å². The van der Waals surface area contributed by atoms with Crippen molar-refractivity contribution in [2.24, 2.45) is 0 Å². The van der Waals surface area contributed by atoms with Crippen molar-refractivity contribution >= 4 is 34.5 Å². The Bertz CT molecular complexity index is 1690. The first kappa shape index (κ1) is 22.8. The predicted molar refractivity (Wildman–Crippen MR) is 152 cm³/mol. The maximum absolute atomic E-state index is 6.62. The van der Waals surface area contributed by atoms with Crippen molar-refractivity contribution < 1.29 is 13.7 Å². The highest BCUT2D eigenvalue weighted by atomic mass is 16.7. The van der Waals surface area contributed by atoms with Crippen LogP contribution in [0.3, 0.4) is 0 Å². The molecule has 0 saturated carbocycles. The lowest BCUT2D eigenvalue weighted by Crippen LogP contribution is -2.41. The quantitative estimate of drug-likeness (QED) is 0.238. The van der Waals surface area contributed by atoms with E-state index < -0.39 is 0 Å². The fourth-order valence-corrected chi connectivity index (χ4v) is 6.08. The van der Waals surface area contributed by atoms with Crippen molar-refractivity contribution in [2.75, 3.05) is 0 Å². The van der Waals surface area contributed by atoms with Crippen LogP contribution in [-0.4, -0.2) is 18.3 Å². The summed E-state index contributed by atoms with van der Waals surface area (Å²) in [4.78, 5) is 0. The molecule has 2 heterocycles. The van der Waals surface area contributed by atoms with Gasteiger partial charge in [-0.3, -0.25) is 0 Å². The third-order valence-corrected chi connectivity index (χ3v) is 8.94. The molecule has 0 atom stereocenters. The van der Waals surface area contributed by atoms with E-state index in [0.29, 0.717) is 0 Å². The number of fused-ring (bicyclic) bond motifs is 7. The first-order valence-electron chi connectivity index (χ1n) is 13.1. The minimum atomic E-state index is -0.373. The minimum Gasteiger partial charge on any atom is -0.455 e. The van der Waals surface area contributed by atoms with E-state index in [1.807, 2.05) is 6.07 Å². The van der Waals surface area contributed by atoms with E-state index >= 15 is 0 Å². The van der Waals surface area contributed by atoms with E-state index in [0.717, 1.165) is 27.6 Å². The van der Waals surface area contributed by atoms with Crippen LogP contribution < -0.4 is 5.46 Å². The molecule has 4 aromatic carbocycles. The van der Waals surface area contributed by atoms with Gasteiger partial charge < -0.3 is 13.7 Å². The summed E-state index contributed by atoms with van der Waals surface area (Å²) in [6.07, 6.45) is 0. The van der Waals surface area contributed by atoms with E-state index in [4.69, 9.17) is 13.7 Å². The second kappa shape index (κ2) is 7.37. The Morgan fingerprint density at radius 3 is 2.03 bits per heavy atom. The topological polar surface area (TPSA) is 31.6 Å². The molecular weight excluding hydrogens is 455 g/mol. The Morgan fingerprint density at radius 1 is 0.649 bits per heavy atom. The van der Waals surface area contributed by atoms with Crippen molar-refractivity contribution in [2.45, 2.75) is 58.2 Å². The molecule has 0 unspecified atom stereocenters. The van der Waals surface area contributed by atoms with Crippen molar-refractivity contribution in [3.05, 3.63) is 90.0 Å². The summed E-state index contributed by atoms with van der Waals surface area (Å²) >= 11 is 0. The predicted octanol–water partition coefficient (Wildman–Crippen LogP) is 7.86. The molecule has 5 aromatic rings. The van der Waals surface area contributed by atoms with Gasteiger partial charge in [0, 0.05) is 21.8 Å². The molecule has 1 aromatic heterocycles. The van der Waals surface area contributed by atoms with Crippen molar-refractivity contribution in [1.29, 1.82) is 0 Å². The van der Waals surface area contributed by atoms with Gasteiger partial charge in [0.2, 0.25) is 0 Å². The molecule has 0 N–H and O–H groups in total. The number of para-hydroxylation sites is 1. The molecule has 37 heavy (non-hydrogen) atoms. The summed E-state index contributed by atoms with van der Waals surface area (Å²) in [5, 5.41) is 2.32. The Morgan fingerprint density at radius 2 is 1.30 bits per heavy atom. The number of benzene rings is 4. The summed E-state index contributed by atoms with van der Waals surface area (Å²) in [7, 11) is -0.373. The molecule has 1 fully saturated rings. The van der Waals surface area contributed by atoms with Gasteiger partial charge >= 0.3 is 7.12 Å². The van der Waals surface area contributed by atoms with Crippen LogP contribution in [0.15, 0.2) is 83.3 Å². The van der Waals surface area contributed by atoms with Gasteiger partial charge in [-0.25, -0.2) is 0 Å². The minimum absolute atomic E-state index is 0.115. The van der Waals surface area contributed by atoms with Crippen LogP contribution in [0, 0.1) is 0 Å². The molecule has 0 spiro atoms. The Labute approximate surface area is 218 Å². The van der Waals surface area contributed by atoms with E-state index in [-0.39, 0.29) is 23.7 Å². The van der Waals surface area contributed by atoms with Gasteiger partial charge in [0.1, 0.15) is 11.2 Å². The zero-order chi connectivity index (χ0) is 25.7. The van der Waals surface area contributed by atoms with Crippen LogP contribution in [0.2, 0.25) is 0 Å². The molecule has 2 aliphatic rings. The number of rotatable bonds is 2. The third-order valence-electron chi connectivity index (χ3n) is 8.94. The molecule has 0 bridgehead atoms. The third kappa shape index (κ3) is 3.09. The van der Waals surface area contributed by atoms with Crippen LogP contribution >= 0.6 is 0 Å². The highest BCUT2D eigenvalue weighted by molar-refractivity contribution is 6.62. The SMILES string of the molecule is CC1(C)c2ccccc2-c2c1cc(-c1ccc(B3OC(C)(C)C(C)(C)O3)cc1)c1c2oc2ccccc21. The smallest absolute Gasteiger partial charge is 0.455 e. The normalized spacial score (nSPS) is 18.9. The Balaban J connectivity index is 1.44. The van der Waals surface area contributed by atoms with Crippen LogP contribution in [0.25, 0.3) is 44.2 Å². The molecule has 4 heteroatoms. The summed E-state index contributed by atoms with van der Waals surface area (Å²) in [5.74, 6) is 0. The van der Waals surface area contributed by atoms with E-state index in [1.165, 1.54) is 33.2 Å². The molecule has 0 amide bonds. The number of hydrogen-bond donors (Lipinski definition) is 0. The Kier molecular flexibility index (Phi) is 4.55. The summed E-state index contributed by atoms with van der Waals surface area (Å²) in [6, 6.07) is 28.2. The van der Waals surface area contributed by atoms with E-state index in [9.17, 15) is 0 Å². The lowest BCUT2D eigenvalue weighted by atomic mass is 9.78. The molecule has 184 valence electrons. The average molecular weight is 486 g/mol. The highest BCUT2D eigenvalue weighted by Crippen LogP contribution is 2.54. The van der Waals surface area contributed by atoms with Gasteiger partial charge in [0.15, 0.2) is 0 Å². The average Bonchev–Trinajstić information content (AvgIpc) is 3.44. The lowest BCUT2D eigenvalue weighted by molar-refractivity contribution is 0.00578. The molecule has 0 radical (unpaired) electrons. The maximum Gasteiger partial charge on any atom is 0.494 e. The lowest BCUT2D eigenvalue weighted by Gasteiger charge is -2.32. The zero-order valence-corrected chi connectivity index (χ0v) is 22.3. The molecule has 1 aliphatic carbocycles. The molecular formula is C33H31BO3. The van der Waals surface area contributed by atoms with Crippen LogP contribution in [0.1, 0.15) is 52.7 Å². The monoisotopic (exact) mass is 486 g/mol. The van der Waals surface area contributed by atoms with E-state index in [2.05, 4.69) is 114 Å². The standard InChI is InChI=1S/C33H31BO3/c1-31(2)25-13-9-7-11-22(25)29-26(31)19-24(28-23-12-8-10-14-27(23)35-30(28)29)20-15-17-21(18-16-20)34-36-32(3,4)33(5,6)37-34/h7-19H,1-6H3. The summed E-state index contributed by atoms with van der Waals surface area (Å²) < 4.78 is 19.2. The van der Waals surface area contributed by atoms with Crippen LogP contribution in [-0.2, 0) is 14.7 Å².